The van der Waals surface area contributed by atoms with Crippen LogP contribution < -0.4 is 5.32 Å². The van der Waals surface area contributed by atoms with E-state index in [2.05, 4.69) is 59.3 Å². The monoisotopic (exact) mass is 369 g/mol. The highest BCUT2D eigenvalue weighted by Crippen LogP contribution is 2.44. The van der Waals surface area contributed by atoms with Crippen LogP contribution in [-0.2, 0) is 4.79 Å². The molecule has 1 heterocycles. The van der Waals surface area contributed by atoms with Crippen molar-refractivity contribution in [1.82, 2.24) is 15.1 Å². The maximum atomic E-state index is 12.7. The number of likely N-dealkylation sites (tertiary alicyclic amines) is 1. The fourth-order valence-electron chi connectivity index (χ4n) is 4.81. The molecule has 148 valence electrons. The van der Waals surface area contributed by atoms with Gasteiger partial charge in [-0.3, -0.25) is 14.6 Å². The highest BCUT2D eigenvalue weighted by Gasteiger charge is 2.42. The first-order valence-corrected chi connectivity index (χ1v) is 11.0. The number of carbonyl (C=O) groups excluding carboxylic acids is 1. The van der Waals surface area contributed by atoms with E-state index in [0.29, 0.717) is 24.7 Å². The maximum Gasteiger partial charge on any atom is 0.234 e. The number of rotatable bonds is 9. The second-order valence-corrected chi connectivity index (χ2v) is 8.86. The summed E-state index contributed by atoms with van der Waals surface area (Å²) in [6, 6.07) is 12.2. The molecule has 0 radical (unpaired) electrons. The van der Waals surface area contributed by atoms with Gasteiger partial charge in [-0.15, -0.1) is 0 Å². The van der Waals surface area contributed by atoms with Crippen LogP contribution in [-0.4, -0.2) is 54.0 Å². The third-order valence-electron chi connectivity index (χ3n) is 6.88. The molecule has 3 aliphatic rings. The molecule has 4 heteroatoms. The molecule has 2 aliphatic carbocycles. The number of amides is 1. The summed E-state index contributed by atoms with van der Waals surface area (Å²) in [5.41, 5.74) is 1.38. The zero-order valence-corrected chi connectivity index (χ0v) is 16.9. The van der Waals surface area contributed by atoms with Crippen LogP contribution in [0.25, 0.3) is 0 Å². The van der Waals surface area contributed by atoms with Gasteiger partial charge in [0.2, 0.25) is 5.91 Å². The topological polar surface area (TPSA) is 35.6 Å². The van der Waals surface area contributed by atoms with Crippen molar-refractivity contribution in [3.8, 4) is 0 Å². The lowest BCUT2D eigenvalue weighted by molar-refractivity contribution is -0.123. The van der Waals surface area contributed by atoms with Crippen LogP contribution in [0.5, 0.6) is 0 Å². The molecule has 27 heavy (non-hydrogen) atoms. The summed E-state index contributed by atoms with van der Waals surface area (Å²) in [6.45, 7) is 8.18. The zero-order chi connectivity index (χ0) is 18.8. The Labute approximate surface area is 164 Å². The van der Waals surface area contributed by atoms with Gasteiger partial charge >= 0.3 is 0 Å². The minimum atomic E-state index is 0.246. The highest BCUT2D eigenvalue weighted by molar-refractivity contribution is 5.78. The van der Waals surface area contributed by atoms with Crippen molar-refractivity contribution in [3.05, 3.63) is 35.9 Å². The Bertz CT molecular complexity index is 614. The molecule has 0 aromatic heterocycles. The van der Waals surface area contributed by atoms with E-state index < -0.39 is 0 Å². The van der Waals surface area contributed by atoms with Gasteiger partial charge in [-0.1, -0.05) is 37.3 Å². The van der Waals surface area contributed by atoms with E-state index in [9.17, 15) is 4.79 Å². The van der Waals surface area contributed by atoms with Gasteiger partial charge in [0.05, 0.1) is 6.54 Å². The van der Waals surface area contributed by atoms with E-state index in [1.807, 2.05) is 0 Å². The number of nitrogens with zero attached hydrogens (tertiary/aromatic N) is 2. The molecule has 1 aromatic carbocycles. The molecule has 3 fully saturated rings. The standard InChI is InChI=1S/C23H35N3O/c1-3-25(16-22(27)24-23(19-9-10-19)20-11-12-20)21-13-14-26(15-21)17(2)18-7-5-4-6-8-18/h4-8,17,19-21,23H,3,9-16H2,1-2H3,(H,24,27). The lowest BCUT2D eigenvalue weighted by Gasteiger charge is -2.30. The molecule has 1 saturated heterocycles. The van der Waals surface area contributed by atoms with Gasteiger partial charge in [-0.25, -0.2) is 0 Å². The third kappa shape index (κ3) is 4.72. The van der Waals surface area contributed by atoms with E-state index in [0.717, 1.165) is 37.9 Å². The fourth-order valence-corrected chi connectivity index (χ4v) is 4.81. The second kappa shape index (κ2) is 8.32. The average molecular weight is 370 g/mol. The number of hydrogen-bond donors (Lipinski definition) is 1. The molecule has 1 N–H and O–H groups in total. The molecule has 1 amide bonds. The second-order valence-electron chi connectivity index (χ2n) is 8.86. The van der Waals surface area contributed by atoms with E-state index in [1.165, 1.54) is 31.2 Å². The van der Waals surface area contributed by atoms with Crippen LogP contribution in [0, 0.1) is 11.8 Å². The third-order valence-corrected chi connectivity index (χ3v) is 6.88. The quantitative estimate of drug-likeness (QED) is 0.724. The number of carbonyl (C=O) groups is 1. The van der Waals surface area contributed by atoms with Crippen molar-refractivity contribution in [1.29, 1.82) is 0 Å². The molecule has 4 nitrogen and oxygen atoms in total. The molecule has 2 saturated carbocycles. The highest BCUT2D eigenvalue weighted by atomic mass is 16.2. The van der Waals surface area contributed by atoms with Gasteiger partial charge in [-0.05, 0) is 63.0 Å². The van der Waals surface area contributed by atoms with Crippen LogP contribution in [0.15, 0.2) is 30.3 Å². The van der Waals surface area contributed by atoms with Crippen molar-refractivity contribution in [3.63, 3.8) is 0 Å². The predicted molar refractivity (Wildman–Crippen MR) is 109 cm³/mol. The van der Waals surface area contributed by atoms with E-state index in [4.69, 9.17) is 0 Å². The van der Waals surface area contributed by atoms with Gasteiger partial charge in [0.1, 0.15) is 0 Å². The summed E-state index contributed by atoms with van der Waals surface area (Å²) in [5, 5.41) is 3.39. The Kier molecular flexibility index (Phi) is 5.84. The number of hydrogen-bond acceptors (Lipinski definition) is 3. The molecular formula is C23H35N3O. The summed E-state index contributed by atoms with van der Waals surface area (Å²) in [6.07, 6.45) is 6.41. The van der Waals surface area contributed by atoms with Crippen LogP contribution >= 0.6 is 0 Å². The number of likely N-dealkylation sites (N-methyl/N-ethyl adjacent to an activating group) is 1. The largest absolute Gasteiger partial charge is 0.352 e. The zero-order valence-electron chi connectivity index (χ0n) is 16.9. The van der Waals surface area contributed by atoms with Gasteiger partial charge in [0, 0.05) is 31.2 Å². The van der Waals surface area contributed by atoms with E-state index in [1.54, 1.807) is 0 Å². The summed E-state index contributed by atoms with van der Waals surface area (Å²) in [4.78, 5) is 17.7. The van der Waals surface area contributed by atoms with Crippen molar-refractivity contribution in [2.24, 2.45) is 11.8 Å². The Morgan fingerprint density at radius 3 is 2.41 bits per heavy atom. The van der Waals surface area contributed by atoms with Crippen LogP contribution in [0.2, 0.25) is 0 Å². The Morgan fingerprint density at radius 2 is 1.81 bits per heavy atom. The SMILES string of the molecule is CCN(CC(=O)NC(C1CC1)C1CC1)C1CCN(C(C)c2ccccc2)C1. The summed E-state index contributed by atoms with van der Waals surface area (Å²) in [5.74, 6) is 1.78. The first-order valence-electron chi connectivity index (χ1n) is 11.0. The lowest BCUT2D eigenvalue weighted by Crippen LogP contribution is -2.47. The Hall–Kier alpha value is -1.39. The van der Waals surface area contributed by atoms with Crippen molar-refractivity contribution in [2.75, 3.05) is 26.2 Å². The minimum Gasteiger partial charge on any atom is -0.352 e. The molecule has 4 rings (SSSR count). The molecule has 0 bridgehead atoms. The van der Waals surface area contributed by atoms with Gasteiger partial charge in [-0.2, -0.15) is 0 Å². The summed E-state index contributed by atoms with van der Waals surface area (Å²) >= 11 is 0. The molecular weight excluding hydrogens is 334 g/mol. The Balaban J connectivity index is 1.29. The predicted octanol–water partition coefficient (Wildman–Crippen LogP) is 3.45. The van der Waals surface area contributed by atoms with Gasteiger partial charge in [0.25, 0.3) is 0 Å². The van der Waals surface area contributed by atoms with Crippen LogP contribution in [0.4, 0.5) is 0 Å². The number of benzene rings is 1. The summed E-state index contributed by atoms with van der Waals surface area (Å²) in [7, 11) is 0. The van der Waals surface area contributed by atoms with Crippen LogP contribution in [0.3, 0.4) is 0 Å². The normalized spacial score (nSPS) is 24.5. The average Bonchev–Trinajstić information content (AvgIpc) is 3.63. The number of nitrogens with one attached hydrogen (secondary N) is 1. The molecule has 0 spiro atoms. The minimum absolute atomic E-state index is 0.246. The summed E-state index contributed by atoms with van der Waals surface area (Å²) < 4.78 is 0. The molecule has 1 aromatic rings. The first kappa shape index (κ1) is 18.9. The molecule has 1 aliphatic heterocycles. The lowest BCUT2D eigenvalue weighted by atomic mass is 10.1. The van der Waals surface area contributed by atoms with E-state index in [-0.39, 0.29) is 5.91 Å². The van der Waals surface area contributed by atoms with Crippen molar-refractivity contribution in [2.45, 2.75) is 64.1 Å². The maximum absolute atomic E-state index is 12.7. The van der Waals surface area contributed by atoms with Gasteiger partial charge < -0.3 is 5.32 Å². The first-order chi connectivity index (χ1) is 13.2. The Morgan fingerprint density at radius 1 is 1.15 bits per heavy atom. The van der Waals surface area contributed by atoms with Crippen molar-refractivity contribution < 1.29 is 4.79 Å². The van der Waals surface area contributed by atoms with Crippen molar-refractivity contribution >= 4 is 5.91 Å². The van der Waals surface area contributed by atoms with E-state index >= 15 is 0 Å². The van der Waals surface area contributed by atoms with Crippen LogP contribution in [0.1, 0.15) is 57.6 Å². The molecule has 2 unspecified atom stereocenters. The smallest absolute Gasteiger partial charge is 0.234 e. The van der Waals surface area contributed by atoms with Gasteiger partial charge in [0.15, 0.2) is 0 Å². The molecule has 2 atom stereocenters. The fraction of sp³-hybridized carbons (Fsp3) is 0.696.